The van der Waals surface area contributed by atoms with Gasteiger partial charge in [-0.25, -0.2) is 0 Å². The van der Waals surface area contributed by atoms with Gasteiger partial charge in [-0.15, -0.1) is 0 Å². The van der Waals surface area contributed by atoms with Gasteiger partial charge in [0.25, 0.3) is 0 Å². The number of methoxy groups -OCH3 is 1. The lowest BCUT2D eigenvalue weighted by atomic mass is 9.95. The second-order valence-electron chi connectivity index (χ2n) is 22.5. The Morgan fingerprint density at radius 1 is 0.236 bits per heavy atom. The minimum Gasteiger partial charge on any atom is -0.394 e. The van der Waals surface area contributed by atoms with Gasteiger partial charge in [0.1, 0.15) is 177 Å². The Labute approximate surface area is 503 Å². The number of ether oxygens (including phenoxy) is 16. The zero-order valence-electron chi connectivity index (χ0n) is 47.1. The van der Waals surface area contributed by atoms with Crippen LogP contribution in [0.2, 0.25) is 0 Å². The Hall–Kier alpha value is -1.60. The van der Waals surface area contributed by atoms with E-state index in [1.54, 1.807) is 0 Å². The third-order valence-electron chi connectivity index (χ3n) is 16.7. The molecule has 0 aromatic heterocycles. The van der Waals surface area contributed by atoms with Gasteiger partial charge in [-0.2, -0.15) is 0 Å². The summed E-state index contributed by atoms with van der Waals surface area (Å²) in [6.07, 6.45) is -73.4. The maximum Gasteiger partial charge on any atom is 0.187 e. The predicted octanol–water partition coefficient (Wildman–Crippen LogP) is -16.8. The van der Waals surface area contributed by atoms with Crippen LogP contribution in [0, 0.1) is 0 Å². The van der Waals surface area contributed by atoms with Crippen molar-refractivity contribution in [2.75, 3.05) is 60.0 Å². The van der Waals surface area contributed by atoms with Crippen molar-refractivity contribution in [2.24, 2.45) is 0 Å². The first-order valence-corrected chi connectivity index (χ1v) is 28.5. The molecular formula is C49H84O40. The Balaban J connectivity index is 0.849. The minimum absolute atomic E-state index is 0.179. The van der Waals surface area contributed by atoms with Gasteiger partial charge in [0.05, 0.1) is 65.1 Å². The van der Waals surface area contributed by atoms with E-state index in [-0.39, 0.29) is 6.42 Å². The van der Waals surface area contributed by atoms with E-state index < -0.39 is 292 Å². The Bertz CT molecular complexity index is 2100. The largest absolute Gasteiger partial charge is 0.394 e. The van der Waals surface area contributed by atoms with Crippen LogP contribution in [0.5, 0.6) is 0 Å². The Morgan fingerprint density at radius 3 is 0.596 bits per heavy atom. The molecule has 8 rings (SSSR count). The van der Waals surface area contributed by atoms with Crippen molar-refractivity contribution in [3.63, 3.8) is 0 Å². The summed E-state index contributed by atoms with van der Waals surface area (Å²) in [5, 5.41) is 258. The van der Waals surface area contributed by atoms with Gasteiger partial charge in [-0.1, -0.05) is 0 Å². The topological polar surface area (TPSA) is 633 Å². The summed E-state index contributed by atoms with van der Waals surface area (Å²) in [6, 6.07) is 0. The summed E-state index contributed by atoms with van der Waals surface area (Å²) in [4.78, 5) is 0. The summed E-state index contributed by atoms with van der Waals surface area (Å²) in [7, 11) is 1.15. The van der Waals surface area contributed by atoms with Crippen LogP contribution in [0.4, 0.5) is 0 Å². The SMILES string of the molecule is COC1O[C@H](CO)[C@@H](O[C@H]2O[C@H](CO)[C@@H](OC3O[C@H](CO)[C@H](OC4O[C@H](CO)[C@@H](OC5O[C@H](CO)[C@@H](OC6O[C@H](CO)[C@@H](OC7O[C@H](CO)[C@H](OC8O[C@H](CO)C[C@H](O)C8O)[C@H](O)[C@H]7O)[C@H](O)[C@H]6O)[C@H](O)[C@H]5O)[C@H](O)C4O)[C@H](O)[C@H]3O)[C@H](O)[C@H]2O)[C@H](O)C1O. The van der Waals surface area contributed by atoms with Crippen molar-refractivity contribution in [1.29, 1.82) is 0 Å². The van der Waals surface area contributed by atoms with Crippen LogP contribution in [0.3, 0.4) is 0 Å². The maximum atomic E-state index is 11.4. The summed E-state index contributed by atoms with van der Waals surface area (Å²) >= 11 is 0. The summed E-state index contributed by atoms with van der Waals surface area (Å²) in [5.41, 5.74) is 0. The highest BCUT2D eigenvalue weighted by atomic mass is 16.8. The van der Waals surface area contributed by atoms with Crippen LogP contribution in [-0.4, -0.2) is 422 Å². The molecule has 8 aliphatic rings. The molecule has 39 atom stereocenters. The summed E-state index contributed by atoms with van der Waals surface area (Å²) in [6.45, 7) is -7.57. The van der Waals surface area contributed by atoms with E-state index in [1.807, 2.05) is 0 Å². The molecule has 520 valence electrons. The van der Waals surface area contributed by atoms with E-state index in [1.165, 1.54) is 0 Å². The fourth-order valence-electron chi connectivity index (χ4n) is 11.6. The molecule has 89 heavy (non-hydrogen) atoms. The molecule has 40 nitrogen and oxygen atoms in total. The number of aliphatic hydroxyl groups excluding tert-OH is 24. The fourth-order valence-corrected chi connectivity index (χ4v) is 11.6. The standard InChI is InChI=1S/C49H84O40/c1-74-42-28(67)21(60)35(13(4-51)76-42)84-44-30(69)23(62)37(15(6-53)78-44)86-46-32(71)25(64)39(17(8-55)80-46)88-48-34(73)27(66)41(19(10-57)82-48)89-49-33(72)26(65)40(18(9-56)81-49)87-47-31(70)24(63)38(16(7-54)79-47)85-45-29(68)22(61)36(14(5-52)77-45)83-43-20(59)12(58)2-11(3-50)75-43/h11-73H,2-10H2,1H3/t11-,12-,13+,14+,15+,16+,17+,18+,19+,20?,21+,22+,23+,24+,25+,26+,27+,28?,29+,30+,31+,32+,33+,34?,35+,36-,37+,38+,39-,40+,41+,42?,43?,44+,45?,46?,47?,48?,49?/m0/s1. The van der Waals surface area contributed by atoms with Crippen molar-refractivity contribution >= 4 is 0 Å². The molecule has 10 unspecified atom stereocenters. The number of hydrogen-bond acceptors (Lipinski definition) is 40. The lowest BCUT2D eigenvalue weighted by Crippen LogP contribution is -2.68. The van der Waals surface area contributed by atoms with Gasteiger partial charge in [0.2, 0.25) is 0 Å². The van der Waals surface area contributed by atoms with Gasteiger partial charge in [0, 0.05) is 13.5 Å². The molecule has 40 heteroatoms. The maximum absolute atomic E-state index is 11.4. The second kappa shape index (κ2) is 32.0. The van der Waals surface area contributed by atoms with Crippen LogP contribution in [-0.2, 0) is 75.8 Å². The lowest BCUT2D eigenvalue weighted by molar-refractivity contribution is -0.399. The first kappa shape index (κ1) is 73.2. The number of aliphatic hydroxyl groups is 24. The lowest BCUT2D eigenvalue weighted by Gasteiger charge is -2.50. The molecule has 0 aromatic rings. The van der Waals surface area contributed by atoms with Crippen LogP contribution < -0.4 is 0 Å². The van der Waals surface area contributed by atoms with Crippen molar-refractivity contribution in [1.82, 2.24) is 0 Å². The van der Waals surface area contributed by atoms with E-state index in [9.17, 15) is 123 Å². The van der Waals surface area contributed by atoms with Crippen LogP contribution in [0.1, 0.15) is 6.42 Å². The monoisotopic (exact) mass is 1310 g/mol. The molecule has 0 spiro atoms. The molecule has 0 aromatic carbocycles. The van der Waals surface area contributed by atoms with E-state index >= 15 is 0 Å². The molecule has 0 aliphatic carbocycles. The average molecular weight is 1310 g/mol. The molecule has 0 radical (unpaired) electrons. The third kappa shape index (κ3) is 15.3. The molecule has 24 N–H and O–H groups in total. The number of rotatable bonds is 23. The second-order valence-corrected chi connectivity index (χ2v) is 22.5. The smallest absolute Gasteiger partial charge is 0.187 e. The zero-order chi connectivity index (χ0) is 65.2. The van der Waals surface area contributed by atoms with Gasteiger partial charge in [-0.05, 0) is 0 Å². The van der Waals surface area contributed by atoms with E-state index in [0.717, 1.165) is 7.11 Å². The highest BCUT2D eigenvalue weighted by molar-refractivity contribution is 5.01. The average Bonchev–Trinajstić information content (AvgIpc) is 1.05. The van der Waals surface area contributed by atoms with Crippen molar-refractivity contribution in [2.45, 2.75) is 246 Å². The van der Waals surface area contributed by atoms with Crippen molar-refractivity contribution < 1.29 is 198 Å². The number of hydrogen-bond donors (Lipinski definition) is 24. The molecule has 0 saturated carbocycles. The van der Waals surface area contributed by atoms with Crippen LogP contribution in [0.15, 0.2) is 0 Å². The minimum atomic E-state index is -2.25. The third-order valence-corrected chi connectivity index (χ3v) is 16.7. The normalized spacial score (nSPS) is 52.8. The van der Waals surface area contributed by atoms with Gasteiger partial charge < -0.3 is 198 Å². The Morgan fingerprint density at radius 2 is 0.416 bits per heavy atom. The summed E-state index contributed by atoms with van der Waals surface area (Å²) < 4.78 is 89.3. The first-order valence-electron chi connectivity index (χ1n) is 28.5. The molecular weight excluding hydrogens is 1230 g/mol. The van der Waals surface area contributed by atoms with E-state index in [0.29, 0.717) is 0 Å². The fraction of sp³-hybridized carbons (Fsp3) is 1.00. The Kier molecular flexibility index (Phi) is 26.3. The first-order chi connectivity index (χ1) is 42.3. The highest BCUT2D eigenvalue weighted by Crippen LogP contribution is 2.39. The van der Waals surface area contributed by atoms with Gasteiger partial charge in [0.15, 0.2) is 50.3 Å². The molecule has 8 heterocycles. The van der Waals surface area contributed by atoms with Gasteiger partial charge in [-0.3, -0.25) is 0 Å². The predicted molar refractivity (Wildman–Crippen MR) is 268 cm³/mol. The van der Waals surface area contributed by atoms with E-state index in [2.05, 4.69) is 0 Å². The molecule has 0 bridgehead atoms. The zero-order valence-corrected chi connectivity index (χ0v) is 47.1. The molecule has 8 saturated heterocycles. The van der Waals surface area contributed by atoms with Crippen molar-refractivity contribution in [3.05, 3.63) is 0 Å². The quantitative estimate of drug-likeness (QED) is 0.0452. The summed E-state index contributed by atoms with van der Waals surface area (Å²) in [5.74, 6) is 0. The van der Waals surface area contributed by atoms with Gasteiger partial charge >= 0.3 is 0 Å². The molecule has 8 fully saturated rings. The molecule has 0 amide bonds. The molecule has 8 aliphatic heterocycles. The van der Waals surface area contributed by atoms with Crippen LogP contribution >= 0.6 is 0 Å². The van der Waals surface area contributed by atoms with Crippen molar-refractivity contribution in [3.8, 4) is 0 Å². The van der Waals surface area contributed by atoms with E-state index in [4.69, 9.17) is 75.8 Å². The van der Waals surface area contributed by atoms with Crippen LogP contribution in [0.25, 0.3) is 0 Å². The highest BCUT2D eigenvalue weighted by Gasteiger charge is 2.59.